The monoisotopic (exact) mass is 449 g/mol. The minimum Gasteiger partial charge on any atom is -0.444 e. The molecule has 4 atom stereocenters. The molecule has 1 aromatic heterocycles. The Kier molecular flexibility index (Phi) is 9.28. The van der Waals surface area contributed by atoms with Crippen molar-refractivity contribution < 1.29 is 23.6 Å². The highest BCUT2D eigenvalue weighted by atomic mass is 16.6. The molecule has 0 aromatic carbocycles. The zero-order valence-corrected chi connectivity index (χ0v) is 20.3. The van der Waals surface area contributed by atoms with E-state index in [0.717, 1.165) is 25.7 Å². The van der Waals surface area contributed by atoms with Gasteiger partial charge >= 0.3 is 6.09 Å². The summed E-state index contributed by atoms with van der Waals surface area (Å²) in [6, 6.07) is 1.49. The number of alkyl carbamates (subject to hydrolysis) is 1. The van der Waals surface area contributed by atoms with E-state index in [9.17, 15) is 14.4 Å². The van der Waals surface area contributed by atoms with Gasteiger partial charge in [-0.1, -0.05) is 25.4 Å². The van der Waals surface area contributed by atoms with Crippen molar-refractivity contribution >= 4 is 17.8 Å². The van der Waals surface area contributed by atoms with E-state index in [1.54, 1.807) is 26.8 Å². The Bertz CT molecular complexity index is 783. The van der Waals surface area contributed by atoms with Crippen LogP contribution in [0.2, 0.25) is 0 Å². The number of hydrogen-bond donors (Lipinski definition) is 2. The molecule has 8 heteroatoms. The molecule has 0 radical (unpaired) electrons. The number of aryl methyl sites for hydroxylation is 1. The first-order valence-electron chi connectivity index (χ1n) is 11.8. The van der Waals surface area contributed by atoms with Crippen LogP contribution < -0.4 is 10.6 Å². The molecular weight excluding hydrogens is 410 g/mol. The summed E-state index contributed by atoms with van der Waals surface area (Å²) in [6.45, 7) is 11.3. The van der Waals surface area contributed by atoms with E-state index in [-0.39, 0.29) is 23.8 Å². The SMILES string of the molecule is CCc1cc(C(=O)N[C@@H]2CC[C@@H](CC(=O)C[C@H](C)NC(=O)OC(C)(C)C)C[C@@H]2CC)no1. The Morgan fingerprint density at radius 1 is 1.25 bits per heavy atom. The lowest BCUT2D eigenvalue weighted by Crippen LogP contribution is -2.44. The third kappa shape index (κ3) is 8.28. The number of Topliss-reactive ketones (excluding diaryl/α,β-unsaturated/α-hetero) is 1. The van der Waals surface area contributed by atoms with Gasteiger partial charge < -0.3 is 19.9 Å². The van der Waals surface area contributed by atoms with Crippen molar-refractivity contribution in [1.82, 2.24) is 15.8 Å². The third-order valence-electron chi connectivity index (χ3n) is 5.89. The van der Waals surface area contributed by atoms with Crippen LogP contribution in [0.15, 0.2) is 10.6 Å². The molecule has 0 unspecified atom stereocenters. The molecule has 32 heavy (non-hydrogen) atoms. The van der Waals surface area contributed by atoms with Gasteiger partial charge in [0, 0.05) is 37.4 Å². The number of carbonyl (C=O) groups is 3. The molecule has 1 saturated carbocycles. The van der Waals surface area contributed by atoms with Crippen LogP contribution in [0.5, 0.6) is 0 Å². The van der Waals surface area contributed by atoms with Gasteiger partial charge in [0.15, 0.2) is 5.69 Å². The van der Waals surface area contributed by atoms with Gasteiger partial charge in [-0.05, 0) is 58.8 Å². The molecule has 1 heterocycles. The fourth-order valence-electron chi connectivity index (χ4n) is 4.32. The normalized spacial score (nSPS) is 22.1. The van der Waals surface area contributed by atoms with Crippen molar-refractivity contribution in [1.29, 1.82) is 0 Å². The first-order chi connectivity index (χ1) is 15.0. The lowest BCUT2D eigenvalue weighted by atomic mass is 9.74. The number of amides is 2. The minimum atomic E-state index is -0.566. The van der Waals surface area contributed by atoms with Crippen LogP contribution in [-0.4, -0.2) is 40.6 Å². The van der Waals surface area contributed by atoms with E-state index in [2.05, 4.69) is 22.7 Å². The summed E-state index contributed by atoms with van der Waals surface area (Å²) in [5.41, 5.74) is -0.247. The number of nitrogens with zero attached hydrogens (tertiary/aromatic N) is 1. The molecule has 2 N–H and O–H groups in total. The topological polar surface area (TPSA) is 111 Å². The molecule has 180 valence electrons. The lowest BCUT2D eigenvalue weighted by Gasteiger charge is -2.36. The number of aromatic nitrogens is 1. The standard InChI is InChI=1S/C24H39N3O5/c1-7-17-12-16(13-18(28)11-15(3)25-23(30)31-24(4,5)6)9-10-20(17)26-22(29)21-14-19(8-2)32-27-21/h14-17,20H,7-13H2,1-6H3,(H,25,30)(H,26,29)/t15-,16+,17-,20+/m0/s1. The fraction of sp³-hybridized carbons (Fsp3) is 0.750. The molecule has 2 rings (SSSR count). The van der Waals surface area contributed by atoms with Crippen LogP contribution >= 0.6 is 0 Å². The van der Waals surface area contributed by atoms with Gasteiger partial charge in [0.2, 0.25) is 0 Å². The Hall–Kier alpha value is -2.38. The average Bonchev–Trinajstić information content (AvgIpc) is 3.16. The summed E-state index contributed by atoms with van der Waals surface area (Å²) in [7, 11) is 0. The molecule has 0 spiro atoms. The maximum absolute atomic E-state index is 12.6. The van der Waals surface area contributed by atoms with Crippen LogP contribution in [0.3, 0.4) is 0 Å². The van der Waals surface area contributed by atoms with E-state index in [0.29, 0.717) is 42.6 Å². The Balaban J connectivity index is 1.80. The molecule has 1 aromatic rings. The molecule has 1 aliphatic carbocycles. The van der Waals surface area contributed by atoms with Crippen molar-refractivity contribution in [3.63, 3.8) is 0 Å². The predicted octanol–water partition coefficient (Wildman–Crippen LogP) is 4.42. The average molecular weight is 450 g/mol. The van der Waals surface area contributed by atoms with Crippen molar-refractivity contribution in [2.45, 2.75) is 104 Å². The minimum absolute atomic E-state index is 0.0772. The van der Waals surface area contributed by atoms with Gasteiger partial charge in [-0.25, -0.2) is 4.79 Å². The Morgan fingerprint density at radius 3 is 2.56 bits per heavy atom. The van der Waals surface area contributed by atoms with Crippen molar-refractivity contribution in [2.24, 2.45) is 11.8 Å². The highest BCUT2D eigenvalue weighted by molar-refractivity contribution is 5.92. The summed E-state index contributed by atoms with van der Waals surface area (Å²) in [5, 5.41) is 9.70. The van der Waals surface area contributed by atoms with Crippen LogP contribution in [0.1, 0.15) is 96.3 Å². The van der Waals surface area contributed by atoms with Crippen LogP contribution in [0.25, 0.3) is 0 Å². The first kappa shape index (κ1) is 25.9. The molecule has 2 amide bonds. The second-order valence-electron chi connectivity index (χ2n) is 9.95. The second kappa shape index (κ2) is 11.5. The van der Waals surface area contributed by atoms with E-state index < -0.39 is 11.7 Å². The highest BCUT2D eigenvalue weighted by Crippen LogP contribution is 2.34. The number of rotatable bonds is 9. The molecule has 0 bridgehead atoms. The van der Waals surface area contributed by atoms with E-state index in [1.165, 1.54) is 0 Å². The zero-order valence-electron chi connectivity index (χ0n) is 20.3. The Morgan fingerprint density at radius 2 is 1.97 bits per heavy atom. The van der Waals surface area contributed by atoms with Crippen LogP contribution in [0.4, 0.5) is 4.79 Å². The predicted molar refractivity (Wildman–Crippen MR) is 121 cm³/mol. The maximum atomic E-state index is 12.6. The molecule has 1 aliphatic rings. The number of hydrogen-bond acceptors (Lipinski definition) is 6. The fourth-order valence-corrected chi connectivity index (χ4v) is 4.32. The number of nitrogens with one attached hydrogen (secondary N) is 2. The van der Waals surface area contributed by atoms with E-state index in [4.69, 9.17) is 9.26 Å². The van der Waals surface area contributed by atoms with Gasteiger partial charge in [-0.2, -0.15) is 0 Å². The summed E-state index contributed by atoms with van der Waals surface area (Å²) >= 11 is 0. The highest BCUT2D eigenvalue weighted by Gasteiger charge is 2.32. The van der Waals surface area contributed by atoms with Gasteiger partial charge in [0.05, 0.1) is 0 Å². The number of ether oxygens (including phenoxy) is 1. The molecule has 0 saturated heterocycles. The van der Waals surface area contributed by atoms with Crippen molar-refractivity contribution in [3.05, 3.63) is 17.5 Å². The quantitative estimate of drug-likeness (QED) is 0.577. The van der Waals surface area contributed by atoms with Crippen LogP contribution in [0, 0.1) is 11.8 Å². The smallest absolute Gasteiger partial charge is 0.407 e. The van der Waals surface area contributed by atoms with Crippen LogP contribution in [-0.2, 0) is 16.0 Å². The van der Waals surface area contributed by atoms with Gasteiger partial charge in [-0.3, -0.25) is 9.59 Å². The molecule has 8 nitrogen and oxygen atoms in total. The van der Waals surface area contributed by atoms with Crippen molar-refractivity contribution in [3.8, 4) is 0 Å². The van der Waals surface area contributed by atoms with Gasteiger partial charge in [-0.15, -0.1) is 0 Å². The van der Waals surface area contributed by atoms with E-state index >= 15 is 0 Å². The second-order valence-corrected chi connectivity index (χ2v) is 9.95. The third-order valence-corrected chi connectivity index (χ3v) is 5.89. The molecule has 0 aliphatic heterocycles. The zero-order chi connectivity index (χ0) is 23.9. The summed E-state index contributed by atoms with van der Waals surface area (Å²) in [4.78, 5) is 37.0. The summed E-state index contributed by atoms with van der Waals surface area (Å²) < 4.78 is 10.4. The molecular formula is C24H39N3O5. The Labute approximate surface area is 191 Å². The number of ketones is 1. The summed E-state index contributed by atoms with van der Waals surface area (Å²) in [6.07, 6.45) is 4.55. The molecule has 1 fully saturated rings. The largest absolute Gasteiger partial charge is 0.444 e. The van der Waals surface area contributed by atoms with Gasteiger partial charge in [0.25, 0.3) is 5.91 Å². The maximum Gasteiger partial charge on any atom is 0.407 e. The lowest BCUT2D eigenvalue weighted by molar-refractivity contribution is -0.120. The number of carbonyl (C=O) groups excluding carboxylic acids is 3. The summed E-state index contributed by atoms with van der Waals surface area (Å²) in [5.74, 6) is 1.26. The van der Waals surface area contributed by atoms with Gasteiger partial charge in [0.1, 0.15) is 17.1 Å². The van der Waals surface area contributed by atoms with E-state index in [1.807, 2.05) is 13.8 Å². The van der Waals surface area contributed by atoms with Crippen molar-refractivity contribution in [2.75, 3.05) is 0 Å². The first-order valence-corrected chi connectivity index (χ1v) is 11.8.